The first kappa shape index (κ1) is 31.5. The molecule has 0 aromatic carbocycles. The molecule has 38 heavy (non-hydrogen) atoms. The maximum absolute atomic E-state index is 13.0. The maximum atomic E-state index is 13.0. The number of hydrogen-bond donors (Lipinski definition) is 5. The van der Waals surface area contributed by atoms with E-state index >= 15 is 0 Å². The van der Waals surface area contributed by atoms with E-state index in [1.165, 1.54) is 40.2 Å². The van der Waals surface area contributed by atoms with Crippen LogP contribution in [0, 0.1) is 0 Å². The van der Waals surface area contributed by atoms with Gasteiger partial charge in [-0.1, -0.05) is 28.3 Å². The number of nitrogens with zero attached hydrogens (tertiary/aromatic N) is 5. The van der Waals surface area contributed by atoms with Crippen LogP contribution >= 0.6 is 71.0 Å². The van der Waals surface area contributed by atoms with Crippen LogP contribution in [0.1, 0.15) is 5.69 Å². The number of fused-ring (bicyclic) bond motifs is 1. The minimum Gasteiger partial charge on any atom is -0.477 e. The summed E-state index contributed by atoms with van der Waals surface area (Å²) in [7, 11) is 0. The van der Waals surface area contributed by atoms with Crippen molar-refractivity contribution in [3.8, 4) is 0 Å². The number of carboxylic acid groups (broad SMARTS) is 1. The van der Waals surface area contributed by atoms with Gasteiger partial charge in [-0.25, -0.2) is 15.6 Å². The van der Waals surface area contributed by atoms with Gasteiger partial charge in [0.05, 0.1) is 0 Å². The van der Waals surface area contributed by atoms with E-state index < -0.39 is 41.7 Å². The number of nitrogens with two attached hydrogens (primary N) is 2. The van der Waals surface area contributed by atoms with Gasteiger partial charge in [0.2, 0.25) is 0 Å². The predicted octanol–water partition coefficient (Wildman–Crippen LogP) is -0.338. The first-order valence-corrected chi connectivity index (χ1v) is 13.6. The quantitative estimate of drug-likeness (QED) is 0.0558. The van der Waals surface area contributed by atoms with Gasteiger partial charge < -0.3 is 21.0 Å². The molecular weight excluding hydrogens is 625 g/mol. The summed E-state index contributed by atoms with van der Waals surface area (Å²) in [6.45, 7) is -0.563. The maximum Gasteiger partial charge on any atom is 0.352 e. The molecule has 21 heteroatoms. The van der Waals surface area contributed by atoms with E-state index in [1.807, 2.05) is 5.43 Å². The molecular formula is C17H19Cl2N9O6S4. The zero-order valence-corrected chi connectivity index (χ0v) is 23.7. The van der Waals surface area contributed by atoms with Crippen LogP contribution in [0.15, 0.2) is 31.7 Å². The number of hydrazine groups is 1. The number of β-lactam (4-membered cyclic amide) rings is 1. The molecule has 3 amide bonds. The van der Waals surface area contributed by atoms with Gasteiger partial charge >= 0.3 is 5.97 Å². The van der Waals surface area contributed by atoms with Gasteiger partial charge in [-0.2, -0.15) is 0 Å². The average Bonchev–Trinajstić information content (AvgIpc) is 3.54. The summed E-state index contributed by atoms with van der Waals surface area (Å²) in [5.74, 6) is 2.33. The summed E-state index contributed by atoms with van der Waals surface area (Å²) in [4.78, 5) is 59.2. The molecule has 0 aliphatic carbocycles. The van der Waals surface area contributed by atoms with Gasteiger partial charge in [0.15, 0.2) is 21.8 Å². The number of aliphatic carboxylic acids is 1. The van der Waals surface area contributed by atoms with Crippen LogP contribution in [0.4, 0.5) is 5.13 Å². The molecule has 2 atom stereocenters. The molecule has 206 valence electrons. The van der Waals surface area contributed by atoms with Crippen molar-refractivity contribution in [3.05, 3.63) is 27.9 Å². The number of amides is 3. The van der Waals surface area contributed by atoms with Crippen LogP contribution in [-0.4, -0.2) is 84.1 Å². The fourth-order valence-corrected chi connectivity index (χ4v) is 6.70. The fourth-order valence-electron chi connectivity index (χ4n) is 3.18. The number of nitrogen functional groups attached to an aromatic ring is 1. The largest absolute Gasteiger partial charge is 0.477 e. The number of carbonyl (C=O) groups is 4. The molecule has 0 saturated carbocycles. The lowest BCUT2D eigenvalue weighted by atomic mass is 10.0. The second kappa shape index (κ2) is 13.9. The zero-order valence-electron chi connectivity index (χ0n) is 18.8. The molecule has 2 aliphatic rings. The second-order valence-electron chi connectivity index (χ2n) is 6.96. The van der Waals surface area contributed by atoms with Crippen molar-refractivity contribution in [2.24, 2.45) is 11.0 Å². The van der Waals surface area contributed by atoms with Gasteiger partial charge in [-0.15, -0.1) is 58.1 Å². The summed E-state index contributed by atoms with van der Waals surface area (Å²) in [6.07, 6.45) is 0. The molecule has 4 heterocycles. The highest BCUT2D eigenvalue weighted by atomic mass is 35.5. The summed E-state index contributed by atoms with van der Waals surface area (Å²) < 4.78 is 0.681. The summed E-state index contributed by atoms with van der Waals surface area (Å²) in [6, 6.07) is -1.01. The number of thioether (sulfide) groups is 2. The topological polar surface area (TPSA) is 228 Å². The number of carbonyl (C=O) groups excluding carboxylic acids is 3. The van der Waals surface area contributed by atoms with Gasteiger partial charge in [-0.3, -0.25) is 24.7 Å². The lowest BCUT2D eigenvalue weighted by Gasteiger charge is -2.49. The van der Waals surface area contributed by atoms with Gasteiger partial charge in [-0.05, 0) is 5.57 Å². The monoisotopic (exact) mass is 643 g/mol. The normalized spacial score (nSPS) is 18.4. The third-order valence-corrected chi connectivity index (χ3v) is 8.70. The minimum absolute atomic E-state index is 0. The lowest BCUT2D eigenvalue weighted by molar-refractivity contribution is -0.150. The van der Waals surface area contributed by atoms with Gasteiger partial charge in [0, 0.05) is 16.9 Å². The van der Waals surface area contributed by atoms with E-state index in [4.69, 9.17) is 16.4 Å². The van der Waals surface area contributed by atoms with Crippen molar-refractivity contribution in [2.45, 2.75) is 15.8 Å². The Morgan fingerprint density at radius 1 is 1.32 bits per heavy atom. The number of hydrogen-bond acceptors (Lipinski definition) is 15. The Balaban J connectivity index is 0.00000253. The van der Waals surface area contributed by atoms with Crippen molar-refractivity contribution in [1.29, 1.82) is 0 Å². The number of thiazole rings is 1. The first-order valence-electron chi connectivity index (χ1n) is 9.80. The predicted molar refractivity (Wildman–Crippen MR) is 146 cm³/mol. The number of rotatable bonds is 10. The number of aromatic nitrogens is 3. The Labute approximate surface area is 243 Å². The summed E-state index contributed by atoms with van der Waals surface area (Å²) in [5.41, 5.74) is 9.28. The SMILES string of the molecule is Cl.Cl.NNC(=O)CON=C(C(=O)NC1C(=O)N2C(C(=O)O)=C(CSc3nncs3)CS[C@@H]12)c1csc(N)n1. The van der Waals surface area contributed by atoms with Crippen molar-refractivity contribution in [1.82, 2.24) is 30.8 Å². The van der Waals surface area contributed by atoms with Crippen LogP contribution in [0.5, 0.6) is 0 Å². The van der Waals surface area contributed by atoms with E-state index in [9.17, 15) is 24.3 Å². The number of nitrogens with one attached hydrogen (secondary N) is 2. The third-order valence-electron chi connectivity index (χ3n) is 4.74. The van der Waals surface area contributed by atoms with E-state index in [2.05, 4.69) is 25.7 Å². The van der Waals surface area contributed by atoms with Crippen molar-refractivity contribution >= 4 is 106 Å². The molecule has 15 nitrogen and oxygen atoms in total. The average molecular weight is 645 g/mol. The number of oxime groups is 1. The minimum atomic E-state index is -1.24. The van der Waals surface area contributed by atoms with Crippen molar-refractivity contribution in [3.63, 3.8) is 0 Å². The Morgan fingerprint density at radius 3 is 2.68 bits per heavy atom. The van der Waals surface area contributed by atoms with Crippen LogP contribution in [-0.2, 0) is 24.0 Å². The molecule has 2 aromatic rings. The van der Waals surface area contributed by atoms with Crippen LogP contribution < -0.4 is 22.3 Å². The number of halogens is 2. The van der Waals surface area contributed by atoms with E-state index in [0.717, 1.165) is 16.2 Å². The smallest absolute Gasteiger partial charge is 0.352 e. The van der Waals surface area contributed by atoms with Crippen molar-refractivity contribution in [2.75, 3.05) is 23.8 Å². The molecule has 2 aliphatic heterocycles. The fraction of sp³-hybridized carbons (Fsp3) is 0.294. The highest BCUT2D eigenvalue weighted by Gasteiger charge is 2.54. The molecule has 1 fully saturated rings. The van der Waals surface area contributed by atoms with Crippen LogP contribution in [0.25, 0.3) is 0 Å². The van der Waals surface area contributed by atoms with Crippen molar-refractivity contribution < 1.29 is 29.1 Å². The molecule has 0 bridgehead atoms. The van der Waals surface area contributed by atoms with Gasteiger partial charge in [0.1, 0.15) is 28.3 Å². The van der Waals surface area contributed by atoms with Crippen LogP contribution in [0.2, 0.25) is 0 Å². The lowest BCUT2D eigenvalue weighted by Crippen LogP contribution is -2.71. The summed E-state index contributed by atoms with van der Waals surface area (Å²) >= 11 is 5.03. The van der Waals surface area contributed by atoms with Crippen LogP contribution in [0.3, 0.4) is 0 Å². The zero-order chi connectivity index (χ0) is 25.8. The molecule has 4 rings (SSSR count). The second-order valence-corrected chi connectivity index (χ2v) is 11.0. The molecule has 0 radical (unpaired) electrons. The highest BCUT2D eigenvalue weighted by molar-refractivity contribution is 8.01. The van der Waals surface area contributed by atoms with E-state index in [-0.39, 0.29) is 47.0 Å². The Kier molecular flexibility index (Phi) is 11.6. The van der Waals surface area contributed by atoms with E-state index in [0.29, 0.717) is 21.4 Å². The number of carboxylic acids is 1. The summed E-state index contributed by atoms with van der Waals surface area (Å²) in [5, 5.41) is 24.7. The Morgan fingerprint density at radius 2 is 2.08 bits per heavy atom. The third kappa shape index (κ3) is 6.84. The Bertz CT molecular complexity index is 1260. The molecule has 1 unspecified atom stereocenters. The van der Waals surface area contributed by atoms with E-state index in [1.54, 1.807) is 5.51 Å². The first-order chi connectivity index (χ1) is 17.3. The number of anilines is 1. The standard InChI is InChI=1S/C17H17N9O6S4.2ClH/c18-16-21-7(4-34-16)9(25-32-1-8(27)23-19)12(28)22-10-13(29)26-11(15(30)31)6(2-33-14(10)26)3-35-17-24-20-5-36-17;;/h4-5,10,14H,1-3,19H2,(H2,18,21)(H,22,28)(H,23,27)(H,30,31);2*1H/t10?,14-;;/m0../s1. The molecule has 0 spiro atoms. The molecule has 1 saturated heterocycles. The molecule has 7 N–H and O–H groups in total. The Hall–Kier alpha value is -2.68. The van der Waals surface area contributed by atoms with Gasteiger partial charge in [0.25, 0.3) is 17.7 Å². The highest BCUT2D eigenvalue weighted by Crippen LogP contribution is 2.41. The molecule has 2 aromatic heterocycles.